The van der Waals surface area contributed by atoms with Gasteiger partial charge in [0.25, 0.3) is 10.0 Å². The van der Waals surface area contributed by atoms with Gasteiger partial charge in [0, 0.05) is 25.1 Å². The van der Waals surface area contributed by atoms with Gasteiger partial charge in [0.05, 0.1) is 6.04 Å². The summed E-state index contributed by atoms with van der Waals surface area (Å²) in [6.45, 7) is 1.28. The van der Waals surface area contributed by atoms with E-state index in [4.69, 9.17) is 4.74 Å². The lowest BCUT2D eigenvalue weighted by Crippen LogP contribution is -2.35. The molecule has 160 valence electrons. The first-order chi connectivity index (χ1) is 14.5. The van der Waals surface area contributed by atoms with Crippen LogP contribution in [0.1, 0.15) is 54.0 Å². The Balaban J connectivity index is 1.33. The lowest BCUT2D eigenvalue weighted by atomic mass is 9.99. The summed E-state index contributed by atoms with van der Waals surface area (Å²) in [7, 11) is -4.05. The quantitative estimate of drug-likeness (QED) is 0.777. The van der Waals surface area contributed by atoms with Gasteiger partial charge < -0.3 is 10.1 Å². The Morgan fingerprint density at radius 2 is 1.73 bits per heavy atom. The smallest absolute Gasteiger partial charge is 0.333 e. The molecule has 2 heterocycles. The molecule has 1 fully saturated rings. The van der Waals surface area contributed by atoms with Crippen LogP contribution in [0.3, 0.4) is 0 Å². The van der Waals surface area contributed by atoms with Gasteiger partial charge in [0.2, 0.25) is 0 Å². The molecule has 0 radical (unpaired) electrons. The number of nitrogens with zero attached hydrogens (tertiary/aromatic N) is 2. The van der Waals surface area contributed by atoms with Crippen LogP contribution in [0.25, 0.3) is 0 Å². The maximum atomic E-state index is 12.7. The van der Waals surface area contributed by atoms with Crippen LogP contribution >= 0.6 is 0 Å². The third-order valence-electron chi connectivity index (χ3n) is 6.36. The number of sulfonamides is 1. The zero-order valence-electron chi connectivity index (χ0n) is 16.8. The van der Waals surface area contributed by atoms with Crippen molar-refractivity contribution >= 4 is 21.7 Å². The van der Waals surface area contributed by atoms with Gasteiger partial charge >= 0.3 is 6.03 Å². The summed E-state index contributed by atoms with van der Waals surface area (Å²) in [5, 5.41) is 6.92. The topological polar surface area (TPSA) is 102 Å². The second-order valence-corrected chi connectivity index (χ2v) is 9.90. The molecule has 8 nitrogen and oxygen atoms in total. The first-order valence-corrected chi connectivity index (χ1v) is 12.1. The number of hydrogen-bond donors (Lipinski definition) is 2. The van der Waals surface area contributed by atoms with Crippen LogP contribution in [0.2, 0.25) is 0 Å². The number of rotatable bonds is 4. The number of amides is 2. The van der Waals surface area contributed by atoms with E-state index in [1.807, 2.05) is 0 Å². The maximum Gasteiger partial charge on any atom is 0.333 e. The van der Waals surface area contributed by atoms with Gasteiger partial charge in [-0.2, -0.15) is 13.5 Å². The molecule has 0 spiro atoms. The molecule has 0 atom stereocenters. The van der Waals surface area contributed by atoms with Gasteiger partial charge in [-0.25, -0.2) is 9.52 Å². The van der Waals surface area contributed by atoms with Crippen molar-refractivity contribution < 1.29 is 17.9 Å². The molecule has 2 aliphatic carbocycles. The molecule has 1 aromatic carbocycles. The number of aryl methyl sites for hydroxylation is 2. The third-order valence-corrected chi connectivity index (χ3v) is 7.59. The van der Waals surface area contributed by atoms with Crippen LogP contribution in [0.15, 0.2) is 23.4 Å². The number of ether oxygens (including phenoxy) is 1. The lowest BCUT2D eigenvalue weighted by molar-refractivity contribution is 0.0659. The van der Waals surface area contributed by atoms with Gasteiger partial charge in [-0.3, -0.25) is 4.68 Å². The Kier molecular flexibility index (Phi) is 5.02. The minimum absolute atomic E-state index is 0.117. The predicted octanol–water partition coefficient (Wildman–Crippen LogP) is 2.72. The second kappa shape index (κ2) is 7.70. The van der Waals surface area contributed by atoms with Crippen LogP contribution in [-0.2, 0) is 40.4 Å². The molecule has 0 saturated carbocycles. The van der Waals surface area contributed by atoms with Gasteiger partial charge in [0.1, 0.15) is 0 Å². The van der Waals surface area contributed by atoms with Crippen LogP contribution in [-0.4, -0.2) is 37.4 Å². The molecule has 3 aliphatic rings. The minimum Gasteiger partial charge on any atom is -0.381 e. The highest BCUT2D eigenvalue weighted by Gasteiger charge is 2.27. The average Bonchev–Trinajstić information content (AvgIpc) is 3.48. The standard InChI is InChI=1S/C21H26N4O4S/c26-21(22-20-17-5-1-3-14(17)13-15-4-2-6-18(15)20)24-30(27,28)19-7-10-25(23-19)16-8-11-29-12-9-16/h7,10,13,16H,1-6,8-9,11-12H2,(H2,22,24,26). The molecule has 0 unspecified atom stereocenters. The number of urea groups is 1. The van der Waals surface area contributed by atoms with E-state index in [2.05, 4.69) is 21.2 Å². The Bertz CT molecular complexity index is 1050. The van der Waals surface area contributed by atoms with Gasteiger partial charge in [0.15, 0.2) is 5.03 Å². The van der Waals surface area contributed by atoms with Gasteiger partial charge in [-0.15, -0.1) is 0 Å². The minimum atomic E-state index is -4.05. The summed E-state index contributed by atoms with van der Waals surface area (Å²) < 4.78 is 34.6. The number of hydrogen-bond acceptors (Lipinski definition) is 5. The molecule has 9 heteroatoms. The van der Waals surface area contributed by atoms with Crippen LogP contribution in [0.4, 0.5) is 10.5 Å². The number of carbonyl (C=O) groups excluding carboxylic acids is 1. The molecule has 1 aliphatic heterocycles. The number of anilines is 1. The fraction of sp³-hybridized carbons (Fsp3) is 0.524. The molecular weight excluding hydrogens is 404 g/mol. The lowest BCUT2D eigenvalue weighted by Gasteiger charge is -2.22. The van der Waals surface area contributed by atoms with Crippen molar-refractivity contribution in [2.45, 2.75) is 62.4 Å². The van der Waals surface area contributed by atoms with E-state index in [1.165, 1.54) is 17.2 Å². The van der Waals surface area contributed by atoms with E-state index >= 15 is 0 Å². The molecule has 30 heavy (non-hydrogen) atoms. The summed E-state index contributed by atoms with van der Waals surface area (Å²) in [5.41, 5.74) is 5.70. The molecule has 1 aromatic heterocycles. The maximum absolute atomic E-state index is 12.7. The van der Waals surface area contributed by atoms with E-state index in [0.717, 1.165) is 68.2 Å². The highest BCUT2D eigenvalue weighted by molar-refractivity contribution is 7.90. The van der Waals surface area contributed by atoms with Crippen LogP contribution < -0.4 is 10.0 Å². The monoisotopic (exact) mass is 430 g/mol. The second-order valence-electron chi connectivity index (χ2n) is 8.27. The molecule has 2 N–H and O–H groups in total. The Labute approximate surface area is 176 Å². The van der Waals surface area contributed by atoms with Crippen molar-refractivity contribution in [3.63, 3.8) is 0 Å². The number of benzene rings is 1. The molecule has 2 amide bonds. The molecular formula is C21H26N4O4S. The fourth-order valence-electron chi connectivity index (χ4n) is 4.90. The first kappa shape index (κ1) is 19.6. The third kappa shape index (κ3) is 3.60. The zero-order valence-corrected chi connectivity index (χ0v) is 17.6. The summed E-state index contributed by atoms with van der Waals surface area (Å²) in [5.74, 6) is 0. The summed E-state index contributed by atoms with van der Waals surface area (Å²) in [6.07, 6.45) is 9.23. The van der Waals surface area contributed by atoms with E-state index in [0.29, 0.717) is 13.2 Å². The van der Waals surface area contributed by atoms with Gasteiger partial charge in [-0.1, -0.05) is 6.07 Å². The largest absolute Gasteiger partial charge is 0.381 e. The van der Waals surface area contributed by atoms with Gasteiger partial charge in [-0.05, 0) is 79.7 Å². The fourth-order valence-corrected chi connectivity index (χ4v) is 5.74. The van der Waals surface area contributed by atoms with E-state index in [9.17, 15) is 13.2 Å². The summed E-state index contributed by atoms with van der Waals surface area (Å²) >= 11 is 0. The Morgan fingerprint density at radius 3 is 2.40 bits per heavy atom. The van der Waals surface area contributed by atoms with E-state index in [-0.39, 0.29) is 11.1 Å². The highest BCUT2D eigenvalue weighted by Crippen LogP contribution is 2.38. The summed E-state index contributed by atoms with van der Waals surface area (Å²) in [6, 6.07) is 3.09. The number of carbonyl (C=O) groups is 1. The normalized spacial score (nSPS) is 18.8. The molecule has 5 rings (SSSR count). The molecule has 1 saturated heterocycles. The van der Waals surface area contributed by atoms with Crippen molar-refractivity contribution in [3.05, 3.63) is 40.6 Å². The van der Waals surface area contributed by atoms with E-state index in [1.54, 1.807) is 10.9 Å². The number of nitrogens with one attached hydrogen (secondary N) is 2. The average molecular weight is 431 g/mol. The van der Waals surface area contributed by atoms with Crippen molar-refractivity contribution in [2.24, 2.45) is 0 Å². The van der Waals surface area contributed by atoms with Crippen molar-refractivity contribution in [2.75, 3.05) is 18.5 Å². The van der Waals surface area contributed by atoms with Crippen LogP contribution in [0.5, 0.6) is 0 Å². The molecule has 0 bridgehead atoms. The Morgan fingerprint density at radius 1 is 1.07 bits per heavy atom. The van der Waals surface area contributed by atoms with Crippen molar-refractivity contribution in [1.29, 1.82) is 0 Å². The predicted molar refractivity (Wildman–Crippen MR) is 111 cm³/mol. The zero-order chi connectivity index (χ0) is 20.7. The SMILES string of the molecule is O=C(Nc1c2c(cc3c1CCC3)CCC2)NS(=O)(=O)c1ccn(C2CCOCC2)n1. The summed E-state index contributed by atoms with van der Waals surface area (Å²) in [4.78, 5) is 12.7. The van der Waals surface area contributed by atoms with Crippen molar-refractivity contribution in [1.82, 2.24) is 14.5 Å². The number of aromatic nitrogens is 2. The van der Waals surface area contributed by atoms with E-state index < -0.39 is 16.1 Å². The van der Waals surface area contributed by atoms with Crippen molar-refractivity contribution in [3.8, 4) is 0 Å². The number of fused-ring (bicyclic) bond motifs is 2. The highest BCUT2D eigenvalue weighted by atomic mass is 32.2. The Hall–Kier alpha value is -2.39. The van der Waals surface area contributed by atoms with Crippen LogP contribution in [0, 0.1) is 0 Å². The molecule has 2 aromatic rings. The first-order valence-electron chi connectivity index (χ1n) is 10.6.